The van der Waals surface area contributed by atoms with Gasteiger partial charge >= 0.3 is 6.61 Å². The number of ether oxygens (including phenoxy) is 2. The number of para-hydroxylation sites is 1. The second kappa shape index (κ2) is 7.36. The number of hydrogen-bond donors (Lipinski definition) is 0. The van der Waals surface area contributed by atoms with Crippen LogP contribution in [0.25, 0.3) is 6.08 Å². The molecule has 0 N–H and O–H groups in total. The predicted molar refractivity (Wildman–Crippen MR) is 71.7 cm³/mol. The summed E-state index contributed by atoms with van der Waals surface area (Å²) in [6.45, 7) is -0.872. The lowest BCUT2D eigenvalue weighted by molar-refractivity contribution is -0.0513. The van der Waals surface area contributed by atoms with E-state index in [1.807, 2.05) is 13.0 Å². The van der Waals surface area contributed by atoms with E-state index in [9.17, 15) is 8.78 Å². The molecule has 0 bridgehead atoms. The summed E-state index contributed by atoms with van der Waals surface area (Å²) in [5.41, 5.74) is 1.67. The van der Waals surface area contributed by atoms with Crippen molar-refractivity contribution in [1.29, 1.82) is 0 Å². The van der Waals surface area contributed by atoms with Crippen LogP contribution in [0.5, 0.6) is 11.5 Å². The number of hydrogen-bond acceptors (Lipinski definition) is 2. The maximum atomic E-state index is 12.4. The van der Waals surface area contributed by atoms with Crippen molar-refractivity contribution in [1.82, 2.24) is 0 Å². The normalized spacial score (nSPS) is 11.8. The molecule has 1 rings (SSSR count). The monoisotopic (exact) mass is 320 g/mol. The van der Waals surface area contributed by atoms with Gasteiger partial charge in [0.05, 0.1) is 7.11 Å². The molecule has 0 amide bonds. The average Bonchev–Trinajstić information content (AvgIpc) is 2.36. The Bertz CT molecular complexity index is 413. The lowest BCUT2D eigenvalue weighted by Gasteiger charge is -2.13. The Kier molecular flexibility index (Phi) is 6.12. The van der Waals surface area contributed by atoms with Crippen LogP contribution in [0.15, 0.2) is 23.8 Å². The van der Waals surface area contributed by atoms with E-state index in [0.717, 1.165) is 12.0 Å². The third kappa shape index (κ3) is 3.98. The molecule has 2 nitrogen and oxygen atoms in total. The van der Waals surface area contributed by atoms with Crippen LogP contribution in [0.3, 0.4) is 0 Å². The van der Waals surface area contributed by atoms with Crippen molar-refractivity contribution >= 4 is 22.0 Å². The van der Waals surface area contributed by atoms with Crippen LogP contribution in [0.2, 0.25) is 0 Å². The van der Waals surface area contributed by atoms with Crippen molar-refractivity contribution in [2.75, 3.05) is 12.4 Å². The fourth-order valence-electron chi connectivity index (χ4n) is 1.48. The molecule has 0 aromatic heterocycles. The first kappa shape index (κ1) is 15.0. The molecule has 1 aromatic carbocycles. The van der Waals surface area contributed by atoms with Crippen molar-refractivity contribution in [3.63, 3.8) is 0 Å². The number of halogens is 3. The molecule has 5 heteroatoms. The van der Waals surface area contributed by atoms with Gasteiger partial charge in [0.25, 0.3) is 0 Å². The second-order valence-electron chi connectivity index (χ2n) is 3.55. The van der Waals surface area contributed by atoms with Crippen molar-refractivity contribution in [2.45, 2.75) is 20.0 Å². The van der Waals surface area contributed by atoms with Crippen LogP contribution in [0, 0.1) is 0 Å². The lowest BCUT2D eigenvalue weighted by Crippen LogP contribution is -2.05. The minimum absolute atomic E-state index is 0.0712. The van der Waals surface area contributed by atoms with Gasteiger partial charge in [-0.05, 0) is 12.5 Å². The third-order valence-corrected chi connectivity index (χ3v) is 3.14. The molecule has 1 aromatic rings. The highest BCUT2D eigenvalue weighted by atomic mass is 79.9. The minimum Gasteiger partial charge on any atom is -0.493 e. The molecule has 18 heavy (non-hydrogen) atoms. The summed E-state index contributed by atoms with van der Waals surface area (Å²) in [7, 11) is 1.42. The molecule has 0 spiro atoms. The van der Waals surface area contributed by atoms with Crippen molar-refractivity contribution in [3.8, 4) is 11.5 Å². The number of rotatable bonds is 6. The molecule has 0 fully saturated rings. The average molecular weight is 321 g/mol. The summed E-state index contributed by atoms with van der Waals surface area (Å²) in [6, 6.07) is 5.05. The fourth-order valence-corrected chi connectivity index (χ4v) is 2.04. The predicted octanol–water partition coefficient (Wildman–Crippen LogP) is 4.48. The molecule has 0 radical (unpaired) electrons. The molecule has 0 unspecified atom stereocenters. The van der Waals surface area contributed by atoms with Crippen molar-refractivity contribution < 1.29 is 18.3 Å². The van der Waals surface area contributed by atoms with Gasteiger partial charge in [0.15, 0.2) is 11.5 Å². The fraction of sp³-hybridized carbons (Fsp3) is 0.385. The zero-order valence-corrected chi connectivity index (χ0v) is 11.8. The summed E-state index contributed by atoms with van der Waals surface area (Å²) in [4.78, 5) is 0. The Morgan fingerprint density at radius 3 is 2.67 bits per heavy atom. The van der Waals surface area contributed by atoms with Crippen LogP contribution in [0.4, 0.5) is 8.78 Å². The van der Waals surface area contributed by atoms with E-state index in [2.05, 4.69) is 20.7 Å². The zero-order valence-electron chi connectivity index (χ0n) is 10.3. The SMILES string of the molecule is CC/C(=C/c1cccc(OC)c1OC(F)F)CBr. The first-order chi connectivity index (χ1) is 8.62. The van der Waals surface area contributed by atoms with Gasteiger partial charge in [0.1, 0.15) is 0 Å². The molecule has 0 saturated carbocycles. The van der Waals surface area contributed by atoms with Crippen LogP contribution < -0.4 is 9.47 Å². The van der Waals surface area contributed by atoms with Gasteiger partial charge in [-0.25, -0.2) is 0 Å². The molecular formula is C13H15BrF2O2. The van der Waals surface area contributed by atoms with Crippen LogP contribution >= 0.6 is 15.9 Å². The van der Waals surface area contributed by atoms with Crippen molar-refractivity contribution in [2.24, 2.45) is 0 Å². The van der Waals surface area contributed by atoms with E-state index < -0.39 is 6.61 Å². The zero-order chi connectivity index (χ0) is 13.5. The Hall–Kier alpha value is -1.10. The lowest BCUT2D eigenvalue weighted by atomic mass is 10.1. The summed E-state index contributed by atoms with van der Waals surface area (Å²) >= 11 is 3.36. The summed E-state index contributed by atoms with van der Waals surface area (Å²) in [6.07, 6.45) is 2.66. The molecule has 0 aliphatic heterocycles. The summed E-state index contributed by atoms with van der Waals surface area (Å²) in [5, 5.41) is 0.689. The Morgan fingerprint density at radius 1 is 1.44 bits per heavy atom. The Balaban J connectivity index is 3.21. The third-order valence-electron chi connectivity index (χ3n) is 2.42. The standard InChI is InChI=1S/C13H15BrF2O2/c1-3-9(8-14)7-10-5-4-6-11(17-2)12(10)18-13(15)16/h4-7,13H,3,8H2,1-2H3/b9-7-. The quantitative estimate of drug-likeness (QED) is 0.719. The highest BCUT2D eigenvalue weighted by molar-refractivity contribution is 9.09. The van der Waals surface area contributed by atoms with E-state index in [-0.39, 0.29) is 5.75 Å². The first-order valence-electron chi connectivity index (χ1n) is 5.49. The van der Waals surface area contributed by atoms with Gasteiger partial charge in [-0.2, -0.15) is 8.78 Å². The van der Waals surface area contributed by atoms with Crippen molar-refractivity contribution in [3.05, 3.63) is 29.3 Å². The van der Waals surface area contributed by atoms with E-state index >= 15 is 0 Å². The minimum atomic E-state index is -2.87. The van der Waals surface area contributed by atoms with Gasteiger partial charge in [-0.1, -0.05) is 46.6 Å². The maximum Gasteiger partial charge on any atom is 0.387 e. The first-order valence-corrected chi connectivity index (χ1v) is 6.61. The van der Waals surface area contributed by atoms with Gasteiger partial charge in [0, 0.05) is 10.9 Å². The van der Waals surface area contributed by atoms with Crippen LogP contribution in [0.1, 0.15) is 18.9 Å². The van der Waals surface area contributed by atoms with Crippen LogP contribution in [-0.2, 0) is 0 Å². The summed E-state index contributed by atoms with van der Waals surface area (Å²) in [5.74, 6) is 0.371. The molecular weight excluding hydrogens is 306 g/mol. The second-order valence-corrected chi connectivity index (χ2v) is 4.11. The number of allylic oxidation sites excluding steroid dienone is 1. The largest absolute Gasteiger partial charge is 0.493 e. The topological polar surface area (TPSA) is 18.5 Å². The molecule has 0 saturated heterocycles. The molecule has 0 atom stereocenters. The van der Waals surface area contributed by atoms with E-state index in [0.29, 0.717) is 16.6 Å². The number of benzene rings is 1. The van der Waals surface area contributed by atoms with Gasteiger partial charge in [-0.15, -0.1) is 0 Å². The van der Waals surface area contributed by atoms with Gasteiger partial charge in [-0.3, -0.25) is 0 Å². The van der Waals surface area contributed by atoms with Crippen LogP contribution in [-0.4, -0.2) is 19.1 Å². The Labute approximate surface area is 114 Å². The van der Waals surface area contributed by atoms with Gasteiger partial charge in [0.2, 0.25) is 0 Å². The van der Waals surface area contributed by atoms with Gasteiger partial charge < -0.3 is 9.47 Å². The smallest absolute Gasteiger partial charge is 0.387 e. The Morgan fingerprint density at radius 2 is 2.17 bits per heavy atom. The highest BCUT2D eigenvalue weighted by Crippen LogP contribution is 2.34. The molecule has 0 aliphatic rings. The molecule has 100 valence electrons. The molecule has 0 heterocycles. The van der Waals surface area contributed by atoms with E-state index in [1.54, 1.807) is 18.2 Å². The maximum absolute atomic E-state index is 12.4. The van der Waals surface area contributed by atoms with E-state index in [1.165, 1.54) is 7.11 Å². The summed E-state index contributed by atoms with van der Waals surface area (Å²) < 4.78 is 34.4. The number of methoxy groups -OCH3 is 1. The molecule has 0 aliphatic carbocycles. The van der Waals surface area contributed by atoms with E-state index in [4.69, 9.17) is 4.74 Å². The number of alkyl halides is 3. The highest BCUT2D eigenvalue weighted by Gasteiger charge is 2.14.